The number of carbonyl (C=O) groups is 1. The number of amides is 1. The number of carbonyl (C=O) groups excluding carboxylic acids is 1. The average Bonchev–Trinajstić information content (AvgIpc) is 1.98. The van der Waals surface area contributed by atoms with Gasteiger partial charge in [-0.1, -0.05) is 6.92 Å². The molecule has 1 aliphatic rings. The van der Waals surface area contributed by atoms with Crippen LogP contribution in [0.1, 0.15) is 13.3 Å². The summed E-state index contributed by atoms with van der Waals surface area (Å²) in [7, 11) is 1.80. The number of hydrogen-bond acceptors (Lipinski definition) is 2. The molecule has 9 heavy (non-hydrogen) atoms. The van der Waals surface area contributed by atoms with Gasteiger partial charge in [-0.05, 0) is 6.42 Å². The Morgan fingerprint density at radius 2 is 2.33 bits per heavy atom. The van der Waals surface area contributed by atoms with Crippen molar-refractivity contribution in [2.45, 2.75) is 18.7 Å². The van der Waals surface area contributed by atoms with E-state index in [9.17, 15) is 4.79 Å². The Labute approximate surface area is 60.6 Å². The highest BCUT2D eigenvalue weighted by molar-refractivity contribution is 7.80. The van der Waals surface area contributed by atoms with Crippen molar-refractivity contribution in [3.63, 3.8) is 0 Å². The molecule has 2 unspecified atom stereocenters. The molecule has 0 aliphatic carbocycles. The van der Waals surface area contributed by atoms with Crippen molar-refractivity contribution in [1.29, 1.82) is 0 Å². The second-order valence-electron chi connectivity index (χ2n) is 2.57. The second-order valence-corrected chi connectivity index (χ2v) is 3.16. The SMILES string of the molecule is CC1CC(S)N(C)C1=O. The molecule has 2 nitrogen and oxygen atoms in total. The third-order valence-corrected chi connectivity index (χ3v) is 2.34. The minimum Gasteiger partial charge on any atom is -0.334 e. The van der Waals surface area contributed by atoms with E-state index in [0.29, 0.717) is 0 Å². The molecule has 1 aliphatic heterocycles. The number of hydrogen-bond donors (Lipinski definition) is 1. The van der Waals surface area contributed by atoms with Gasteiger partial charge < -0.3 is 4.90 Å². The first-order chi connectivity index (χ1) is 4.13. The van der Waals surface area contributed by atoms with Gasteiger partial charge in [0.2, 0.25) is 5.91 Å². The molecular weight excluding hydrogens is 134 g/mol. The summed E-state index contributed by atoms with van der Waals surface area (Å²) in [6.45, 7) is 1.94. The topological polar surface area (TPSA) is 20.3 Å². The molecule has 0 spiro atoms. The maximum absolute atomic E-state index is 11.0. The number of rotatable bonds is 0. The fourth-order valence-electron chi connectivity index (χ4n) is 1.07. The molecule has 1 rings (SSSR count). The van der Waals surface area contributed by atoms with Crippen molar-refractivity contribution in [1.82, 2.24) is 4.90 Å². The van der Waals surface area contributed by atoms with Gasteiger partial charge in [-0.2, -0.15) is 12.6 Å². The van der Waals surface area contributed by atoms with Crippen LogP contribution in [0.2, 0.25) is 0 Å². The summed E-state index contributed by atoms with van der Waals surface area (Å²) in [5, 5.41) is 0.146. The van der Waals surface area contributed by atoms with E-state index >= 15 is 0 Å². The molecule has 1 fully saturated rings. The normalized spacial score (nSPS) is 35.9. The minimum absolute atomic E-state index is 0.146. The van der Waals surface area contributed by atoms with E-state index in [-0.39, 0.29) is 17.2 Å². The predicted octanol–water partition coefficient (Wildman–Crippen LogP) is 0.741. The van der Waals surface area contributed by atoms with Crippen molar-refractivity contribution >= 4 is 18.5 Å². The van der Waals surface area contributed by atoms with Crippen LogP contribution >= 0.6 is 12.6 Å². The van der Waals surface area contributed by atoms with E-state index in [4.69, 9.17) is 0 Å². The second kappa shape index (κ2) is 2.21. The quantitative estimate of drug-likeness (QED) is 0.498. The summed E-state index contributed by atoms with van der Waals surface area (Å²) in [6, 6.07) is 0. The van der Waals surface area contributed by atoms with Crippen molar-refractivity contribution < 1.29 is 4.79 Å². The summed E-state index contributed by atoms with van der Waals surface area (Å²) in [5.41, 5.74) is 0. The zero-order valence-corrected chi connectivity index (χ0v) is 6.56. The van der Waals surface area contributed by atoms with Gasteiger partial charge in [-0.25, -0.2) is 0 Å². The molecule has 1 saturated heterocycles. The molecule has 0 bridgehead atoms. The molecular formula is C6H11NOS. The molecule has 2 atom stereocenters. The van der Waals surface area contributed by atoms with Gasteiger partial charge in [-0.15, -0.1) is 0 Å². The van der Waals surface area contributed by atoms with E-state index in [0.717, 1.165) is 6.42 Å². The molecule has 0 aromatic heterocycles. The third-order valence-electron chi connectivity index (χ3n) is 1.78. The summed E-state index contributed by atoms with van der Waals surface area (Å²) in [5.74, 6) is 0.396. The molecule has 1 heterocycles. The van der Waals surface area contributed by atoms with Crippen LogP contribution in [0.15, 0.2) is 0 Å². The monoisotopic (exact) mass is 145 g/mol. The standard InChI is InChI=1S/C6H11NOS/c1-4-3-5(9)7(2)6(4)8/h4-5,9H,3H2,1-2H3. The Morgan fingerprint density at radius 3 is 2.44 bits per heavy atom. The Bertz CT molecular complexity index is 137. The lowest BCUT2D eigenvalue weighted by atomic mass is 10.1. The highest BCUT2D eigenvalue weighted by Gasteiger charge is 2.31. The largest absolute Gasteiger partial charge is 0.334 e. The zero-order chi connectivity index (χ0) is 7.02. The molecule has 0 aromatic rings. The lowest BCUT2D eigenvalue weighted by Gasteiger charge is -2.12. The van der Waals surface area contributed by atoms with Crippen LogP contribution in [0.4, 0.5) is 0 Å². The van der Waals surface area contributed by atoms with Gasteiger partial charge in [0.15, 0.2) is 0 Å². The molecule has 0 N–H and O–H groups in total. The van der Waals surface area contributed by atoms with Gasteiger partial charge >= 0.3 is 0 Å². The first kappa shape index (κ1) is 6.93. The molecule has 1 amide bonds. The van der Waals surface area contributed by atoms with Gasteiger partial charge in [0.25, 0.3) is 0 Å². The smallest absolute Gasteiger partial charge is 0.226 e. The maximum Gasteiger partial charge on any atom is 0.226 e. The summed E-state index contributed by atoms with van der Waals surface area (Å²) in [6.07, 6.45) is 0.887. The number of thiol groups is 1. The maximum atomic E-state index is 11.0. The Hall–Kier alpha value is -0.180. The van der Waals surface area contributed by atoms with E-state index < -0.39 is 0 Å². The zero-order valence-electron chi connectivity index (χ0n) is 5.66. The van der Waals surface area contributed by atoms with Gasteiger partial charge in [0, 0.05) is 13.0 Å². The van der Waals surface area contributed by atoms with Crippen molar-refractivity contribution in [3.05, 3.63) is 0 Å². The van der Waals surface area contributed by atoms with Crippen LogP contribution in [-0.4, -0.2) is 23.2 Å². The number of nitrogens with zero attached hydrogens (tertiary/aromatic N) is 1. The molecule has 0 saturated carbocycles. The summed E-state index contributed by atoms with van der Waals surface area (Å²) in [4.78, 5) is 12.7. The third kappa shape index (κ3) is 1.06. The van der Waals surface area contributed by atoms with Crippen LogP contribution in [0.3, 0.4) is 0 Å². The molecule has 0 radical (unpaired) electrons. The van der Waals surface area contributed by atoms with Gasteiger partial charge in [0.05, 0.1) is 5.37 Å². The Balaban J connectivity index is 2.65. The van der Waals surface area contributed by atoms with E-state index in [1.54, 1.807) is 11.9 Å². The van der Waals surface area contributed by atoms with Crippen molar-refractivity contribution in [3.8, 4) is 0 Å². The fraction of sp³-hybridized carbons (Fsp3) is 0.833. The van der Waals surface area contributed by atoms with Crippen LogP contribution in [0, 0.1) is 5.92 Å². The first-order valence-electron chi connectivity index (χ1n) is 3.07. The van der Waals surface area contributed by atoms with E-state index in [1.165, 1.54) is 0 Å². The highest BCUT2D eigenvalue weighted by Crippen LogP contribution is 2.24. The highest BCUT2D eigenvalue weighted by atomic mass is 32.1. The van der Waals surface area contributed by atoms with Crippen molar-refractivity contribution in [2.24, 2.45) is 5.92 Å². The first-order valence-corrected chi connectivity index (χ1v) is 3.59. The summed E-state index contributed by atoms with van der Waals surface area (Å²) < 4.78 is 0. The van der Waals surface area contributed by atoms with Crippen LogP contribution in [0.25, 0.3) is 0 Å². The Kier molecular flexibility index (Phi) is 1.70. The minimum atomic E-state index is 0.146. The lowest BCUT2D eigenvalue weighted by Crippen LogP contribution is -2.25. The molecule has 0 aromatic carbocycles. The lowest BCUT2D eigenvalue weighted by molar-refractivity contribution is -0.129. The fourth-order valence-corrected chi connectivity index (χ4v) is 1.50. The van der Waals surface area contributed by atoms with Crippen LogP contribution < -0.4 is 0 Å². The van der Waals surface area contributed by atoms with Crippen LogP contribution in [-0.2, 0) is 4.79 Å². The van der Waals surface area contributed by atoms with Crippen molar-refractivity contribution in [2.75, 3.05) is 7.05 Å². The molecule has 52 valence electrons. The Morgan fingerprint density at radius 1 is 1.78 bits per heavy atom. The summed E-state index contributed by atoms with van der Waals surface area (Å²) >= 11 is 4.21. The van der Waals surface area contributed by atoms with E-state index in [1.807, 2.05) is 6.92 Å². The van der Waals surface area contributed by atoms with E-state index in [2.05, 4.69) is 12.6 Å². The number of likely N-dealkylation sites (tertiary alicyclic amines) is 1. The van der Waals surface area contributed by atoms with Gasteiger partial charge in [0.1, 0.15) is 0 Å². The van der Waals surface area contributed by atoms with Gasteiger partial charge in [-0.3, -0.25) is 4.79 Å². The van der Waals surface area contributed by atoms with Crippen LogP contribution in [0.5, 0.6) is 0 Å². The molecule has 3 heteroatoms. The average molecular weight is 145 g/mol. The predicted molar refractivity (Wildman–Crippen MR) is 39.3 cm³/mol.